The lowest BCUT2D eigenvalue weighted by atomic mass is 10.1. The molecule has 3 rings (SSSR count). The number of nitrogens with one attached hydrogen (secondary N) is 2. The van der Waals surface area contributed by atoms with E-state index in [1.165, 1.54) is 17.4 Å². The van der Waals surface area contributed by atoms with Crippen LogP contribution >= 0.6 is 11.3 Å². The molecule has 0 saturated carbocycles. The Labute approximate surface area is 130 Å². The Bertz CT molecular complexity index is 819. The summed E-state index contributed by atoms with van der Waals surface area (Å²) in [7, 11) is 0. The Morgan fingerprint density at radius 1 is 1.32 bits per heavy atom. The molecule has 0 fully saturated rings. The number of hydrogen-bond acceptors (Lipinski definition) is 4. The van der Waals surface area contributed by atoms with Gasteiger partial charge in [-0.1, -0.05) is 17.4 Å². The summed E-state index contributed by atoms with van der Waals surface area (Å²) in [4.78, 5) is 20.0. The number of rotatable bonds is 3. The van der Waals surface area contributed by atoms with Gasteiger partial charge in [-0.3, -0.25) is 10.3 Å². The Morgan fingerprint density at radius 3 is 2.91 bits per heavy atom. The number of anilines is 1. The molecule has 0 aliphatic carbocycles. The third-order valence-electron chi connectivity index (χ3n) is 2.99. The number of nitrogens with zero attached hydrogens (tertiary/aromatic N) is 2. The summed E-state index contributed by atoms with van der Waals surface area (Å²) >= 11 is 1.22. The van der Waals surface area contributed by atoms with Gasteiger partial charge >= 0.3 is 6.03 Å². The van der Waals surface area contributed by atoms with Gasteiger partial charge < -0.3 is 5.32 Å². The van der Waals surface area contributed by atoms with Crippen LogP contribution in [0.25, 0.3) is 21.5 Å². The van der Waals surface area contributed by atoms with E-state index in [1.54, 1.807) is 12.3 Å². The Morgan fingerprint density at radius 2 is 2.18 bits per heavy atom. The normalized spacial score (nSPS) is 10.6. The molecule has 0 aliphatic rings. The second kappa shape index (κ2) is 6.07. The minimum absolute atomic E-state index is 0.236. The van der Waals surface area contributed by atoms with Gasteiger partial charge in [-0.25, -0.2) is 14.2 Å². The van der Waals surface area contributed by atoms with Gasteiger partial charge in [0.25, 0.3) is 0 Å². The molecule has 3 aromatic rings. The van der Waals surface area contributed by atoms with Crippen molar-refractivity contribution < 1.29 is 9.18 Å². The largest absolute Gasteiger partial charge is 0.338 e. The number of amides is 2. The number of thiazole rings is 1. The van der Waals surface area contributed by atoms with Crippen LogP contribution in [0.3, 0.4) is 0 Å². The summed E-state index contributed by atoms with van der Waals surface area (Å²) in [6.07, 6.45) is 1.68. The van der Waals surface area contributed by atoms with E-state index in [-0.39, 0.29) is 11.5 Å². The number of hydrogen-bond donors (Lipinski definition) is 2. The molecule has 2 aromatic heterocycles. The van der Waals surface area contributed by atoms with Crippen molar-refractivity contribution in [3.63, 3.8) is 0 Å². The standard InChI is InChI=1S/C15H13FN4OS/c1-2-17-14(21)20-15-19-12-10(16)7-6-9(13(12)22-15)11-5-3-4-8-18-11/h3-8H,2H2,1H3,(H2,17,19,20,21). The van der Waals surface area contributed by atoms with Gasteiger partial charge in [0.2, 0.25) is 0 Å². The highest BCUT2D eigenvalue weighted by molar-refractivity contribution is 7.22. The van der Waals surface area contributed by atoms with Gasteiger partial charge in [0.1, 0.15) is 11.3 Å². The van der Waals surface area contributed by atoms with Gasteiger partial charge in [-0.15, -0.1) is 0 Å². The molecule has 0 spiro atoms. The number of carbonyl (C=O) groups is 1. The molecule has 0 atom stereocenters. The van der Waals surface area contributed by atoms with E-state index in [9.17, 15) is 9.18 Å². The van der Waals surface area contributed by atoms with Crippen LogP contribution in [0.5, 0.6) is 0 Å². The van der Waals surface area contributed by atoms with Crippen LogP contribution in [-0.4, -0.2) is 22.5 Å². The summed E-state index contributed by atoms with van der Waals surface area (Å²) in [6.45, 7) is 2.32. The van der Waals surface area contributed by atoms with Crippen LogP contribution in [0.4, 0.5) is 14.3 Å². The molecular formula is C15H13FN4OS. The first-order valence-electron chi connectivity index (χ1n) is 6.74. The van der Waals surface area contributed by atoms with E-state index in [0.29, 0.717) is 16.4 Å². The lowest BCUT2D eigenvalue weighted by Gasteiger charge is -2.01. The first kappa shape index (κ1) is 14.4. The zero-order chi connectivity index (χ0) is 15.5. The summed E-state index contributed by atoms with van der Waals surface area (Å²) in [5, 5.41) is 5.57. The van der Waals surface area contributed by atoms with Crippen molar-refractivity contribution >= 4 is 32.7 Å². The number of pyridine rings is 1. The lowest BCUT2D eigenvalue weighted by Crippen LogP contribution is -2.28. The first-order chi connectivity index (χ1) is 10.7. The van der Waals surface area contributed by atoms with Crippen LogP contribution in [0.15, 0.2) is 36.5 Å². The van der Waals surface area contributed by atoms with E-state index in [1.807, 2.05) is 25.1 Å². The number of benzene rings is 1. The summed E-state index contributed by atoms with van der Waals surface area (Å²) < 4.78 is 14.6. The molecule has 0 saturated heterocycles. The zero-order valence-electron chi connectivity index (χ0n) is 11.8. The van der Waals surface area contributed by atoms with Gasteiger partial charge in [0.15, 0.2) is 5.13 Å². The highest BCUT2D eigenvalue weighted by atomic mass is 32.1. The number of halogens is 1. The molecule has 22 heavy (non-hydrogen) atoms. The molecule has 2 N–H and O–H groups in total. The molecule has 0 bridgehead atoms. The van der Waals surface area contributed by atoms with Crippen molar-refractivity contribution in [2.75, 3.05) is 11.9 Å². The van der Waals surface area contributed by atoms with Crippen LogP contribution in [0, 0.1) is 5.82 Å². The molecule has 0 unspecified atom stereocenters. The number of carbonyl (C=O) groups excluding carboxylic acids is 1. The predicted molar refractivity (Wildman–Crippen MR) is 85.5 cm³/mol. The maximum Gasteiger partial charge on any atom is 0.321 e. The van der Waals surface area contributed by atoms with E-state index < -0.39 is 5.82 Å². The smallest absolute Gasteiger partial charge is 0.321 e. The summed E-state index contributed by atoms with van der Waals surface area (Å²) in [6, 6.07) is 8.21. The minimum Gasteiger partial charge on any atom is -0.338 e. The molecule has 0 aliphatic heterocycles. The molecule has 112 valence electrons. The second-order valence-electron chi connectivity index (χ2n) is 4.49. The van der Waals surface area contributed by atoms with Crippen molar-refractivity contribution in [1.82, 2.24) is 15.3 Å². The number of urea groups is 1. The summed E-state index contributed by atoms with van der Waals surface area (Å²) in [5.74, 6) is -0.421. The first-order valence-corrected chi connectivity index (χ1v) is 7.56. The fourth-order valence-corrected chi connectivity index (χ4v) is 3.05. The fourth-order valence-electron chi connectivity index (χ4n) is 2.05. The van der Waals surface area contributed by atoms with E-state index in [0.717, 1.165) is 11.3 Å². The van der Waals surface area contributed by atoms with E-state index in [2.05, 4.69) is 20.6 Å². The van der Waals surface area contributed by atoms with E-state index in [4.69, 9.17) is 0 Å². The maximum absolute atomic E-state index is 14.0. The van der Waals surface area contributed by atoms with Crippen LogP contribution in [0.1, 0.15) is 6.92 Å². The molecule has 2 heterocycles. The van der Waals surface area contributed by atoms with Gasteiger partial charge in [-0.2, -0.15) is 0 Å². The van der Waals surface area contributed by atoms with Gasteiger partial charge in [0, 0.05) is 18.3 Å². The third-order valence-corrected chi connectivity index (χ3v) is 4.00. The molecule has 7 heteroatoms. The Kier molecular flexibility index (Phi) is 3.97. The lowest BCUT2D eigenvalue weighted by molar-refractivity contribution is 0.252. The van der Waals surface area contributed by atoms with Crippen LogP contribution in [-0.2, 0) is 0 Å². The Balaban J connectivity index is 2.06. The average Bonchev–Trinajstić information content (AvgIpc) is 2.93. The number of fused-ring (bicyclic) bond motifs is 1. The SMILES string of the molecule is CCNC(=O)Nc1nc2c(F)ccc(-c3ccccn3)c2s1. The second-order valence-corrected chi connectivity index (χ2v) is 5.49. The average molecular weight is 316 g/mol. The van der Waals surface area contributed by atoms with Crippen molar-refractivity contribution in [3.05, 3.63) is 42.3 Å². The van der Waals surface area contributed by atoms with Crippen molar-refractivity contribution in [2.45, 2.75) is 6.92 Å². The fraction of sp³-hybridized carbons (Fsp3) is 0.133. The van der Waals surface area contributed by atoms with Crippen molar-refractivity contribution in [3.8, 4) is 11.3 Å². The van der Waals surface area contributed by atoms with E-state index >= 15 is 0 Å². The number of aromatic nitrogens is 2. The van der Waals surface area contributed by atoms with Crippen LogP contribution < -0.4 is 10.6 Å². The topological polar surface area (TPSA) is 66.9 Å². The molecular weight excluding hydrogens is 303 g/mol. The quantitative estimate of drug-likeness (QED) is 0.775. The van der Waals surface area contributed by atoms with Crippen molar-refractivity contribution in [1.29, 1.82) is 0 Å². The zero-order valence-corrected chi connectivity index (χ0v) is 12.6. The third kappa shape index (κ3) is 2.75. The Hall–Kier alpha value is -2.54. The van der Waals surface area contributed by atoms with Crippen molar-refractivity contribution in [2.24, 2.45) is 0 Å². The van der Waals surface area contributed by atoms with Gasteiger partial charge in [-0.05, 0) is 31.2 Å². The van der Waals surface area contributed by atoms with Crippen LogP contribution in [0.2, 0.25) is 0 Å². The monoisotopic (exact) mass is 316 g/mol. The molecule has 2 amide bonds. The highest BCUT2D eigenvalue weighted by Crippen LogP contribution is 2.35. The minimum atomic E-state index is -0.421. The summed E-state index contributed by atoms with van der Waals surface area (Å²) in [5.41, 5.74) is 1.76. The highest BCUT2D eigenvalue weighted by Gasteiger charge is 2.15. The molecule has 1 aromatic carbocycles. The maximum atomic E-state index is 14.0. The molecule has 0 radical (unpaired) electrons. The van der Waals surface area contributed by atoms with Gasteiger partial charge in [0.05, 0.1) is 10.4 Å². The predicted octanol–water partition coefficient (Wildman–Crippen LogP) is 3.64. The molecule has 5 nitrogen and oxygen atoms in total.